The molecule has 0 aliphatic carbocycles. The number of hydrogen-bond acceptors (Lipinski definition) is 1. The lowest BCUT2D eigenvalue weighted by molar-refractivity contribution is 0.524. The zero-order valence-corrected chi connectivity index (χ0v) is 11.1. The Morgan fingerprint density at radius 2 is 1.42 bits per heavy atom. The van der Waals surface area contributed by atoms with Crippen molar-refractivity contribution in [1.29, 1.82) is 0 Å². The Morgan fingerprint density at radius 1 is 0.947 bits per heavy atom. The molecule has 0 aliphatic rings. The van der Waals surface area contributed by atoms with Crippen molar-refractivity contribution >= 4 is 0 Å². The van der Waals surface area contributed by atoms with E-state index >= 15 is 0 Å². The fraction of sp³-hybridized carbons (Fsp3) is 0.250. The minimum absolute atomic E-state index is 0.0369. The molecule has 0 aliphatic heterocycles. The van der Waals surface area contributed by atoms with Crippen LogP contribution in [-0.2, 0) is 6.42 Å². The van der Waals surface area contributed by atoms with Crippen molar-refractivity contribution in [3.63, 3.8) is 0 Å². The molecule has 0 fully saturated rings. The summed E-state index contributed by atoms with van der Waals surface area (Å²) in [6, 6.07) is 9.07. The zero-order valence-electron chi connectivity index (χ0n) is 11.1. The van der Waals surface area contributed by atoms with E-state index in [-0.39, 0.29) is 5.56 Å². The molecule has 1 atom stereocenters. The van der Waals surface area contributed by atoms with Crippen LogP contribution in [-0.4, -0.2) is 0 Å². The first-order chi connectivity index (χ1) is 9.00. The van der Waals surface area contributed by atoms with E-state index in [2.05, 4.69) is 0 Å². The summed E-state index contributed by atoms with van der Waals surface area (Å²) in [5.41, 5.74) is 9.18. The average Bonchev–Trinajstić information content (AvgIpc) is 2.34. The number of benzene rings is 2. The standard InChI is InChI=1S/C16H17F2N/c1-10-5-3-6-11(2)12(10)9-15(19)16-13(17)7-4-8-14(16)18/h3-8,15H,9,19H2,1-2H3. The van der Waals surface area contributed by atoms with Gasteiger partial charge in [-0.1, -0.05) is 24.3 Å². The molecule has 0 amide bonds. The summed E-state index contributed by atoms with van der Waals surface area (Å²) in [5, 5.41) is 0. The Hall–Kier alpha value is -1.74. The first-order valence-electron chi connectivity index (χ1n) is 6.25. The molecule has 0 aromatic heterocycles. The van der Waals surface area contributed by atoms with Gasteiger partial charge in [-0.15, -0.1) is 0 Å². The summed E-state index contributed by atoms with van der Waals surface area (Å²) in [4.78, 5) is 0. The molecular weight excluding hydrogens is 244 g/mol. The Balaban J connectivity index is 2.34. The first-order valence-corrected chi connectivity index (χ1v) is 6.25. The molecule has 0 radical (unpaired) electrons. The van der Waals surface area contributed by atoms with E-state index in [0.717, 1.165) is 16.7 Å². The zero-order chi connectivity index (χ0) is 14.0. The summed E-state index contributed by atoms with van der Waals surface area (Å²) < 4.78 is 27.4. The average molecular weight is 261 g/mol. The van der Waals surface area contributed by atoms with Crippen molar-refractivity contribution in [2.24, 2.45) is 5.73 Å². The van der Waals surface area contributed by atoms with Gasteiger partial charge in [0.1, 0.15) is 11.6 Å². The monoisotopic (exact) mass is 261 g/mol. The predicted octanol–water partition coefficient (Wildman–Crippen LogP) is 3.82. The minimum Gasteiger partial charge on any atom is -0.323 e. The number of halogens is 2. The summed E-state index contributed by atoms with van der Waals surface area (Å²) in [5.74, 6) is -1.17. The Labute approximate surface area is 112 Å². The maximum atomic E-state index is 13.7. The molecule has 100 valence electrons. The third kappa shape index (κ3) is 2.82. The molecule has 19 heavy (non-hydrogen) atoms. The van der Waals surface area contributed by atoms with Gasteiger partial charge in [-0.05, 0) is 49.1 Å². The van der Waals surface area contributed by atoms with Gasteiger partial charge in [0, 0.05) is 11.6 Å². The SMILES string of the molecule is Cc1cccc(C)c1CC(N)c1c(F)cccc1F. The lowest BCUT2D eigenvalue weighted by atomic mass is 9.93. The van der Waals surface area contributed by atoms with Crippen LogP contribution in [0.5, 0.6) is 0 Å². The van der Waals surface area contributed by atoms with Crippen LogP contribution in [0.4, 0.5) is 8.78 Å². The lowest BCUT2D eigenvalue weighted by Gasteiger charge is -2.17. The van der Waals surface area contributed by atoms with Gasteiger partial charge in [-0.25, -0.2) is 8.78 Å². The van der Waals surface area contributed by atoms with Gasteiger partial charge < -0.3 is 5.73 Å². The van der Waals surface area contributed by atoms with Crippen LogP contribution in [0.25, 0.3) is 0 Å². The molecular formula is C16H17F2N. The number of rotatable bonds is 3. The highest BCUT2D eigenvalue weighted by atomic mass is 19.1. The second kappa shape index (κ2) is 5.49. The third-order valence-electron chi connectivity index (χ3n) is 3.44. The van der Waals surface area contributed by atoms with E-state index < -0.39 is 17.7 Å². The van der Waals surface area contributed by atoms with Crippen molar-refractivity contribution in [3.05, 3.63) is 70.3 Å². The summed E-state index contributed by atoms with van der Waals surface area (Å²) >= 11 is 0. The van der Waals surface area contributed by atoms with Crippen molar-refractivity contribution < 1.29 is 8.78 Å². The third-order valence-corrected chi connectivity index (χ3v) is 3.44. The van der Waals surface area contributed by atoms with Crippen LogP contribution < -0.4 is 5.73 Å². The van der Waals surface area contributed by atoms with E-state index in [1.165, 1.54) is 18.2 Å². The van der Waals surface area contributed by atoms with Crippen LogP contribution in [0.3, 0.4) is 0 Å². The van der Waals surface area contributed by atoms with Crippen molar-refractivity contribution in [2.45, 2.75) is 26.3 Å². The fourth-order valence-corrected chi connectivity index (χ4v) is 2.36. The van der Waals surface area contributed by atoms with Crippen molar-refractivity contribution in [1.82, 2.24) is 0 Å². The number of nitrogens with two attached hydrogens (primary N) is 1. The summed E-state index contributed by atoms with van der Waals surface area (Å²) in [6.07, 6.45) is 0.427. The highest BCUT2D eigenvalue weighted by molar-refractivity contribution is 5.35. The predicted molar refractivity (Wildman–Crippen MR) is 72.9 cm³/mol. The molecule has 0 saturated heterocycles. The van der Waals surface area contributed by atoms with E-state index in [1.54, 1.807) is 0 Å². The maximum absolute atomic E-state index is 13.7. The van der Waals surface area contributed by atoms with Crippen LogP contribution in [0.15, 0.2) is 36.4 Å². The highest BCUT2D eigenvalue weighted by Gasteiger charge is 2.18. The maximum Gasteiger partial charge on any atom is 0.130 e. The number of hydrogen-bond donors (Lipinski definition) is 1. The second-order valence-electron chi connectivity index (χ2n) is 4.82. The van der Waals surface area contributed by atoms with E-state index in [1.807, 2.05) is 32.0 Å². The Bertz CT molecular complexity index is 553. The smallest absolute Gasteiger partial charge is 0.130 e. The molecule has 1 nitrogen and oxygen atoms in total. The molecule has 0 saturated carbocycles. The highest BCUT2D eigenvalue weighted by Crippen LogP contribution is 2.25. The molecule has 2 N–H and O–H groups in total. The Morgan fingerprint density at radius 3 is 1.95 bits per heavy atom. The van der Waals surface area contributed by atoms with Gasteiger partial charge in [0.15, 0.2) is 0 Å². The second-order valence-corrected chi connectivity index (χ2v) is 4.82. The quantitative estimate of drug-likeness (QED) is 0.893. The summed E-state index contributed by atoms with van der Waals surface area (Å²) in [6.45, 7) is 3.96. The first kappa shape index (κ1) is 13.7. The van der Waals surface area contributed by atoms with Gasteiger partial charge in [0.2, 0.25) is 0 Å². The van der Waals surface area contributed by atoms with Crippen LogP contribution in [0.2, 0.25) is 0 Å². The van der Waals surface area contributed by atoms with Crippen LogP contribution >= 0.6 is 0 Å². The van der Waals surface area contributed by atoms with Gasteiger partial charge in [0.05, 0.1) is 0 Å². The van der Waals surface area contributed by atoms with Crippen molar-refractivity contribution in [3.8, 4) is 0 Å². The number of aryl methyl sites for hydroxylation is 2. The van der Waals surface area contributed by atoms with Gasteiger partial charge in [-0.2, -0.15) is 0 Å². The topological polar surface area (TPSA) is 26.0 Å². The Kier molecular flexibility index (Phi) is 3.96. The minimum atomic E-state index is -0.680. The normalized spacial score (nSPS) is 12.5. The van der Waals surface area contributed by atoms with Gasteiger partial charge >= 0.3 is 0 Å². The van der Waals surface area contributed by atoms with Crippen LogP contribution in [0, 0.1) is 25.5 Å². The molecule has 1 unspecified atom stereocenters. The molecule has 0 spiro atoms. The molecule has 0 bridgehead atoms. The molecule has 2 aromatic carbocycles. The van der Waals surface area contributed by atoms with Gasteiger partial charge in [-0.3, -0.25) is 0 Å². The van der Waals surface area contributed by atoms with E-state index in [4.69, 9.17) is 5.73 Å². The molecule has 0 heterocycles. The van der Waals surface area contributed by atoms with E-state index in [0.29, 0.717) is 6.42 Å². The summed E-state index contributed by atoms with van der Waals surface area (Å²) in [7, 11) is 0. The molecule has 2 rings (SSSR count). The largest absolute Gasteiger partial charge is 0.323 e. The van der Waals surface area contributed by atoms with Crippen LogP contribution in [0.1, 0.15) is 28.3 Å². The van der Waals surface area contributed by atoms with E-state index in [9.17, 15) is 8.78 Å². The molecule has 3 heteroatoms. The fourth-order valence-electron chi connectivity index (χ4n) is 2.36. The lowest BCUT2D eigenvalue weighted by Crippen LogP contribution is -2.18. The van der Waals surface area contributed by atoms with Gasteiger partial charge in [0.25, 0.3) is 0 Å². The molecule has 2 aromatic rings. The van der Waals surface area contributed by atoms with Crippen molar-refractivity contribution in [2.75, 3.05) is 0 Å².